The minimum Gasteiger partial charge on any atom is -0.337 e. The maximum absolute atomic E-state index is 13.3. The lowest BCUT2D eigenvalue weighted by Crippen LogP contribution is -2.27. The molecular formula is C24H20F6N2O3S. The number of amides is 1. The summed E-state index contributed by atoms with van der Waals surface area (Å²) in [4.78, 5) is 18.0. The van der Waals surface area contributed by atoms with Gasteiger partial charge >= 0.3 is 12.4 Å². The standard InChI is InChI=1S/C24H20F6N2O3S/c1-14-6-4-5-7-18(14)19-11-21(36(3,34)35)31-12-20(19)22(33)32(2)13-15-8-16(23(25,26)27)10-17(9-15)24(28,29)30/h4-12H,13H2,1-3H3. The van der Waals surface area contributed by atoms with Crippen LogP contribution in [0.1, 0.15) is 32.6 Å². The molecule has 0 radical (unpaired) electrons. The zero-order valence-electron chi connectivity index (χ0n) is 19.2. The maximum Gasteiger partial charge on any atom is 0.416 e. The molecule has 0 N–H and O–H groups in total. The molecule has 1 amide bonds. The third-order valence-electron chi connectivity index (χ3n) is 5.34. The van der Waals surface area contributed by atoms with Crippen LogP contribution < -0.4 is 0 Å². The average Bonchev–Trinajstić information content (AvgIpc) is 2.76. The topological polar surface area (TPSA) is 67.3 Å². The van der Waals surface area contributed by atoms with Gasteiger partial charge in [-0.3, -0.25) is 4.79 Å². The van der Waals surface area contributed by atoms with Crippen LogP contribution in [0.2, 0.25) is 0 Å². The van der Waals surface area contributed by atoms with Crippen molar-refractivity contribution < 1.29 is 39.6 Å². The van der Waals surface area contributed by atoms with E-state index in [1.807, 2.05) is 0 Å². The summed E-state index contributed by atoms with van der Waals surface area (Å²) >= 11 is 0. The Morgan fingerprint density at radius 1 is 0.917 bits per heavy atom. The molecule has 12 heteroatoms. The lowest BCUT2D eigenvalue weighted by molar-refractivity contribution is -0.143. The highest BCUT2D eigenvalue weighted by Crippen LogP contribution is 2.37. The van der Waals surface area contributed by atoms with E-state index in [0.717, 1.165) is 17.4 Å². The average molecular weight is 530 g/mol. The Labute approximate surface area is 203 Å². The third-order valence-corrected chi connectivity index (χ3v) is 6.32. The highest BCUT2D eigenvalue weighted by molar-refractivity contribution is 7.90. The SMILES string of the molecule is Cc1ccccc1-c1cc(S(C)(=O)=O)ncc1C(=O)N(C)Cc1cc(C(F)(F)F)cc(C(F)(F)F)c1. The highest BCUT2D eigenvalue weighted by atomic mass is 32.2. The van der Waals surface area contributed by atoms with Crippen molar-refractivity contribution in [3.05, 3.63) is 82.5 Å². The number of sulfone groups is 1. The molecule has 2 aromatic carbocycles. The molecule has 36 heavy (non-hydrogen) atoms. The van der Waals surface area contributed by atoms with Gasteiger partial charge in [-0.2, -0.15) is 26.3 Å². The Balaban J connectivity index is 2.07. The fraction of sp³-hybridized carbons (Fsp3) is 0.250. The fourth-order valence-electron chi connectivity index (χ4n) is 3.57. The molecule has 192 valence electrons. The monoisotopic (exact) mass is 530 g/mol. The van der Waals surface area contributed by atoms with Crippen molar-refractivity contribution in [2.75, 3.05) is 13.3 Å². The van der Waals surface area contributed by atoms with E-state index in [-0.39, 0.29) is 27.8 Å². The Bertz CT molecular complexity index is 1380. The first-order valence-electron chi connectivity index (χ1n) is 10.3. The van der Waals surface area contributed by atoms with Crippen molar-refractivity contribution in [1.82, 2.24) is 9.88 Å². The summed E-state index contributed by atoms with van der Waals surface area (Å²) in [6, 6.07) is 9.10. The number of rotatable bonds is 5. The van der Waals surface area contributed by atoms with Crippen LogP contribution in [0, 0.1) is 6.92 Å². The molecule has 0 unspecified atom stereocenters. The molecule has 0 saturated carbocycles. The second-order valence-electron chi connectivity index (χ2n) is 8.23. The summed E-state index contributed by atoms with van der Waals surface area (Å²) in [5.41, 5.74) is -2.01. The van der Waals surface area contributed by atoms with Gasteiger partial charge in [0.1, 0.15) is 0 Å². The van der Waals surface area contributed by atoms with Crippen LogP contribution in [0.15, 0.2) is 59.8 Å². The number of aryl methyl sites for hydroxylation is 1. The smallest absolute Gasteiger partial charge is 0.337 e. The van der Waals surface area contributed by atoms with E-state index in [4.69, 9.17) is 0 Å². The zero-order valence-corrected chi connectivity index (χ0v) is 20.0. The second-order valence-corrected chi connectivity index (χ2v) is 10.2. The van der Waals surface area contributed by atoms with Crippen molar-refractivity contribution in [3.63, 3.8) is 0 Å². The minimum atomic E-state index is -5.03. The first-order chi connectivity index (χ1) is 16.5. The van der Waals surface area contributed by atoms with Gasteiger partial charge in [0, 0.05) is 26.0 Å². The predicted molar refractivity (Wildman–Crippen MR) is 120 cm³/mol. The summed E-state index contributed by atoms with van der Waals surface area (Å²) in [6.45, 7) is 1.15. The number of pyridine rings is 1. The fourth-order valence-corrected chi connectivity index (χ4v) is 4.15. The van der Waals surface area contributed by atoms with Gasteiger partial charge in [-0.15, -0.1) is 0 Å². The lowest BCUT2D eigenvalue weighted by Gasteiger charge is -2.21. The molecule has 0 atom stereocenters. The van der Waals surface area contributed by atoms with E-state index in [1.165, 1.54) is 13.1 Å². The van der Waals surface area contributed by atoms with Crippen molar-refractivity contribution in [2.24, 2.45) is 0 Å². The van der Waals surface area contributed by atoms with E-state index < -0.39 is 45.8 Å². The third kappa shape index (κ3) is 6.04. The molecule has 0 aliphatic heterocycles. The Hall–Kier alpha value is -3.41. The summed E-state index contributed by atoms with van der Waals surface area (Å²) in [6.07, 6.45) is -8.08. The molecule has 5 nitrogen and oxygen atoms in total. The van der Waals surface area contributed by atoms with Gasteiger partial charge in [-0.1, -0.05) is 24.3 Å². The molecule has 3 rings (SSSR count). The quantitative estimate of drug-likeness (QED) is 0.393. The van der Waals surface area contributed by atoms with Gasteiger partial charge in [0.2, 0.25) is 0 Å². The van der Waals surface area contributed by atoms with Gasteiger partial charge in [-0.25, -0.2) is 13.4 Å². The van der Waals surface area contributed by atoms with Crippen LogP contribution in [0.5, 0.6) is 0 Å². The van der Waals surface area contributed by atoms with Gasteiger partial charge in [-0.05, 0) is 53.4 Å². The molecule has 1 aromatic heterocycles. The Kier molecular flexibility index (Phi) is 7.22. The van der Waals surface area contributed by atoms with Crippen molar-refractivity contribution in [1.29, 1.82) is 0 Å². The van der Waals surface area contributed by atoms with Crippen LogP contribution >= 0.6 is 0 Å². The van der Waals surface area contributed by atoms with Gasteiger partial charge in [0.25, 0.3) is 5.91 Å². The first kappa shape index (κ1) is 27.2. The van der Waals surface area contributed by atoms with Crippen molar-refractivity contribution in [3.8, 4) is 11.1 Å². The molecule has 0 aliphatic rings. The van der Waals surface area contributed by atoms with Crippen LogP contribution in [-0.2, 0) is 28.7 Å². The summed E-state index contributed by atoms with van der Waals surface area (Å²) in [7, 11) is -2.53. The minimum absolute atomic E-state index is 0.00936. The van der Waals surface area contributed by atoms with E-state index in [9.17, 15) is 39.6 Å². The number of carbonyl (C=O) groups is 1. The molecule has 0 aliphatic carbocycles. The normalized spacial score (nSPS) is 12.5. The number of halogens is 6. The number of nitrogens with zero attached hydrogens (tertiary/aromatic N) is 2. The number of aromatic nitrogens is 1. The molecule has 1 heterocycles. The predicted octanol–water partition coefficient (Wildman–Crippen LogP) is 5.77. The zero-order chi connectivity index (χ0) is 27.1. The van der Waals surface area contributed by atoms with E-state index in [1.54, 1.807) is 31.2 Å². The molecule has 0 bridgehead atoms. The summed E-state index contributed by atoms with van der Waals surface area (Å²) in [5.74, 6) is -0.772. The van der Waals surface area contributed by atoms with Crippen LogP contribution in [0.3, 0.4) is 0 Å². The van der Waals surface area contributed by atoms with Crippen LogP contribution in [0.4, 0.5) is 26.3 Å². The summed E-state index contributed by atoms with van der Waals surface area (Å²) < 4.78 is 103. The van der Waals surface area contributed by atoms with E-state index in [2.05, 4.69) is 4.98 Å². The lowest BCUT2D eigenvalue weighted by atomic mass is 9.97. The van der Waals surface area contributed by atoms with Gasteiger partial charge in [0.15, 0.2) is 14.9 Å². The molecular weight excluding hydrogens is 510 g/mol. The van der Waals surface area contributed by atoms with Crippen molar-refractivity contribution in [2.45, 2.75) is 30.8 Å². The highest BCUT2D eigenvalue weighted by Gasteiger charge is 2.37. The van der Waals surface area contributed by atoms with Gasteiger partial charge in [0.05, 0.1) is 16.7 Å². The molecule has 3 aromatic rings. The van der Waals surface area contributed by atoms with E-state index >= 15 is 0 Å². The Morgan fingerprint density at radius 2 is 1.47 bits per heavy atom. The molecule has 0 fully saturated rings. The molecule has 0 saturated heterocycles. The van der Waals surface area contributed by atoms with E-state index in [0.29, 0.717) is 23.3 Å². The molecule has 0 spiro atoms. The maximum atomic E-state index is 13.3. The van der Waals surface area contributed by atoms with Gasteiger partial charge < -0.3 is 4.90 Å². The van der Waals surface area contributed by atoms with Crippen LogP contribution in [-0.4, -0.2) is 37.5 Å². The first-order valence-corrected chi connectivity index (χ1v) is 12.2. The Morgan fingerprint density at radius 3 is 1.97 bits per heavy atom. The van der Waals surface area contributed by atoms with Crippen molar-refractivity contribution >= 4 is 15.7 Å². The number of hydrogen-bond donors (Lipinski definition) is 0. The van der Waals surface area contributed by atoms with Crippen LogP contribution in [0.25, 0.3) is 11.1 Å². The number of alkyl halides is 6. The number of hydrogen-bond acceptors (Lipinski definition) is 4. The second kappa shape index (κ2) is 9.57. The number of benzene rings is 2. The largest absolute Gasteiger partial charge is 0.416 e. The number of carbonyl (C=O) groups excluding carboxylic acids is 1. The summed E-state index contributed by atoms with van der Waals surface area (Å²) in [5, 5.41) is -0.298.